The summed E-state index contributed by atoms with van der Waals surface area (Å²) in [5, 5.41) is 0. The van der Waals surface area contributed by atoms with Gasteiger partial charge in [0.2, 0.25) is 0 Å². The van der Waals surface area contributed by atoms with Crippen LogP contribution in [0.3, 0.4) is 0 Å². The number of para-hydroxylation sites is 1. The molecule has 0 amide bonds. The van der Waals surface area contributed by atoms with Gasteiger partial charge in [-0.1, -0.05) is 50.2 Å². The van der Waals surface area contributed by atoms with Crippen molar-refractivity contribution in [3.8, 4) is 5.75 Å². The summed E-state index contributed by atoms with van der Waals surface area (Å²) < 4.78 is 20.1. The lowest BCUT2D eigenvalue weighted by atomic mass is 9.98. The molecule has 4 heteroatoms. The van der Waals surface area contributed by atoms with Gasteiger partial charge in [-0.05, 0) is 72.4 Å². The molecule has 0 saturated carbocycles. The van der Waals surface area contributed by atoms with Crippen molar-refractivity contribution in [1.29, 1.82) is 0 Å². The van der Waals surface area contributed by atoms with Crippen LogP contribution in [0.5, 0.6) is 5.75 Å². The van der Waals surface area contributed by atoms with E-state index >= 15 is 0 Å². The summed E-state index contributed by atoms with van der Waals surface area (Å²) in [6, 6.07) is 21.7. The molecule has 1 aliphatic rings. The Bertz CT molecular complexity index is 1070. The van der Waals surface area contributed by atoms with E-state index in [0.717, 1.165) is 50.5 Å². The molecule has 0 bridgehead atoms. The van der Waals surface area contributed by atoms with E-state index in [0.29, 0.717) is 5.92 Å². The first-order chi connectivity index (χ1) is 16.4. The Labute approximate surface area is 204 Å². The Morgan fingerprint density at radius 3 is 2.21 bits per heavy atom. The first kappa shape index (κ1) is 24.3. The highest BCUT2D eigenvalue weighted by Gasteiger charge is 2.21. The number of nitrogens with zero attached hydrogens (tertiary/aromatic N) is 2. The smallest absolute Gasteiger partial charge is 0.125 e. The summed E-state index contributed by atoms with van der Waals surface area (Å²) in [6.45, 7) is 13.8. The Morgan fingerprint density at radius 2 is 1.56 bits per heavy atom. The molecule has 1 atom stereocenters. The van der Waals surface area contributed by atoms with Crippen LogP contribution in [-0.2, 0) is 0 Å². The molecule has 34 heavy (non-hydrogen) atoms. The summed E-state index contributed by atoms with van der Waals surface area (Å²) in [5.41, 5.74) is 6.29. The van der Waals surface area contributed by atoms with Crippen molar-refractivity contribution < 1.29 is 9.13 Å². The van der Waals surface area contributed by atoms with Crippen LogP contribution in [0.15, 0.2) is 66.7 Å². The first-order valence-electron chi connectivity index (χ1n) is 12.5. The van der Waals surface area contributed by atoms with Crippen LogP contribution in [0, 0.1) is 19.7 Å². The highest BCUT2D eigenvalue weighted by atomic mass is 19.1. The molecule has 0 spiro atoms. The minimum atomic E-state index is -0.216. The summed E-state index contributed by atoms with van der Waals surface area (Å²) in [4.78, 5) is 5.00. The van der Waals surface area contributed by atoms with Crippen LogP contribution in [0.1, 0.15) is 54.5 Å². The lowest BCUT2D eigenvalue weighted by Gasteiger charge is -2.37. The standard InChI is InChI=1S/C30H37FN2O/c1-22(2)28-14-13-27(21-24(28)4)34-30(25-9-11-26(31)12-10-25)15-16-32-17-19-33(20-18-32)29-8-6-5-7-23(29)3/h5-14,21-22,30H,15-20H2,1-4H3. The van der Waals surface area contributed by atoms with Gasteiger partial charge in [-0.3, -0.25) is 4.90 Å². The first-order valence-corrected chi connectivity index (χ1v) is 12.5. The third-order valence-corrected chi connectivity index (χ3v) is 6.92. The van der Waals surface area contributed by atoms with Gasteiger partial charge in [0, 0.05) is 44.8 Å². The lowest BCUT2D eigenvalue weighted by molar-refractivity contribution is 0.160. The number of hydrogen-bond donors (Lipinski definition) is 0. The average molecular weight is 461 g/mol. The number of anilines is 1. The third kappa shape index (κ3) is 5.98. The molecule has 0 aliphatic carbocycles. The van der Waals surface area contributed by atoms with Crippen molar-refractivity contribution in [1.82, 2.24) is 4.90 Å². The number of ether oxygens (including phenoxy) is 1. The predicted molar refractivity (Wildman–Crippen MR) is 139 cm³/mol. The molecule has 0 N–H and O–H groups in total. The minimum absolute atomic E-state index is 0.112. The molecule has 1 aliphatic heterocycles. The summed E-state index contributed by atoms with van der Waals surface area (Å²) in [5.74, 6) is 1.15. The number of rotatable bonds is 8. The quantitative estimate of drug-likeness (QED) is 0.364. The van der Waals surface area contributed by atoms with E-state index < -0.39 is 0 Å². The molecule has 0 aromatic heterocycles. The van der Waals surface area contributed by atoms with Gasteiger partial charge in [-0.15, -0.1) is 0 Å². The normalized spacial score (nSPS) is 15.5. The van der Waals surface area contributed by atoms with Crippen LogP contribution in [0.2, 0.25) is 0 Å². The monoisotopic (exact) mass is 460 g/mol. The summed E-state index contributed by atoms with van der Waals surface area (Å²) >= 11 is 0. The number of halogens is 1. The Kier molecular flexibility index (Phi) is 7.89. The van der Waals surface area contributed by atoms with Crippen LogP contribution in [0.4, 0.5) is 10.1 Å². The lowest BCUT2D eigenvalue weighted by Crippen LogP contribution is -2.47. The van der Waals surface area contributed by atoms with E-state index in [4.69, 9.17) is 4.74 Å². The van der Waals surface area contributed by atoms with Gasteiger partial charge in [-0.2, -0.15) is 0 Å². The number of hydrogen-bond acceptors (Lipinski definition) is 3. The van der Waals surface area contributed by atoms with Gasteiger partial charge in [0.25, 0.3) is 0 Å². The van der Waals surface area contributed by atoms with Crippen molar-refractivity contribution in [2.45, 2.75) is 46.1 Å². The summed E-state index contributed by atoms with van der Waals surface area (Å²) in [6.07, 6.45) is 0.750. The van der Waals surface area contributed by atoms with Crippen molar-refractivity contribution >= 4 is 5.69 Å². The van der Waals surface area contributed by atoms with Crippen molar-refractivity contribution in [2.75, 3.05) is 37.6 Å². The Balaban J connectivity index is 1.41. The van der Waals surface area contributed by atoms with Crippen molar-refractivity contribution in [2.24, 2.45) is 0 Å². The van der Waals surface area contributed by atoms with Crippen LogP contribution >= 0.6 is 0 Å². The second kappa shape index (κ2) is 11.1. The third-order valence-electron chi connectivity index (χ3n) is 6.92. The van der Waals surface area contributed by atoms with Crippen LogP contribution < -0.4 is 9.64 Å². The molecule has 3 nitrogen and oxygen atoms in total. The predicted octanol–water partition coefficient (Wildman–Crippen LogP) is 6.90. The van der Waals surface area contributed by atoms with E-state index in [1.54, 1.807) is 0 Å². The maximum atomic E-state index is 13.6. The molecule has 0 radical (unpaired) electrons. The fraction of sp³-hybridized carbons (Fsp3) is 0.400. The molecular formula is C30H37FN2O. The zero-order valence-electron chi connectivity index (χ0n) is 20.9. The van der Waals surface area contributed by atoms with Crippen LogP contribution in [-0.4, -0.2) is 37.6 Å². The van der Waals surface area contributed by atoms with Gasteiger partial charge in [-0.25, -0.2) is 4.39 Å². The zero-order valence-corrected chi connectivity index (χ0v) is 20.9. The fourth-order valence-corrected chi connectivity index (χ4v) is 4.94. The molecule has 1 saturated heterocycles. The van der Waals surface area contributed by atoms with Gasteiger partial charge in [0.1, 0.15) is 17.7 Å². The maximum absolute atomic E-state index is 13.6. The molecule has 180 valence electrons. The van der Waals surface area contributed by atoms with Gasteiger partial charge in [0.15, 0.2) is 0 Å². The number of piperazine rings is 1. The van der Waals surface area contributed by atoms with E-state index in [9.17, 15) is 4.39 Å². The average Bonchev–Trinajstić information content (AvgIpc) is 2.83. The number of benzene rings is 3. The van der Waals surface area contributed by atoms with Crippen LogP contribution in [0.25, 0.3) is 0 Å². The summed E-state index contributed by atoms with van der Waals surface area (Å²) in [7, 11) is 0. The molecule has 1 unspecified atom stereocenters. The molecule has 4 rings (SSSR count). The van der Waals surface area contributed by atoms with Gasteiger partial charge < -0.3 is 9.64 Å². The van der Waals surface area contributed by atoms with E-state index in [1.807, 2.05) is 12.1 Å². The fourth-order valence-electron chi connectivity index (χ4n) is 4.94. The molecular weight excluding hydrogens is 423 g/mol. The van der Waals surface area contributed by atoms with Gasteiger partial charge >= 0.3 is 0 Å². The second-order valence-electron chi connectivity index (χ2n) is 9.73. The van der Waals surface area contributed by atoms with E-state index in [1.165, 1.54) is 34.5 Å². The zero-order chi connectivity index (χ0) is 24.1. The SMILES string of the molecule is Cc1cc(OC(CCN2CCN(c3ccccc3C)CC2)c2ccc(F)cc2)ccc1C(C)C. The molecule has 3 aromatic rings. The topological polar surface area (TPSA) is 15.7 Å². The largest absolute Gasteiger partial charge is 0.486 e. The van der Waals surface area contributed by atoms with Crippen molar-refractivity contribution in [3.05, 3.63) is 94.8 Å². The maximum Gasteiger partial charge on any atom is 0.125 e. The van der Waals surface area contributed by atoms with Crippen molar-refractivity contribution in [3.63, 3.8) is 0 Å². The highest BCUT2D eigenvalue weighted by molar-refractivity contribution is 5.53. The van der Waals surface area contributed by atoms with Gasteiger partial charge in [0.05, 0.1) is 0 Å². The Hall–Kier alpha value is -2.85. The second-order valence-corrected chi connectivity index (χ2v) is 9.73. The molecule has 1 heterocycles. The molecule has 3 aromatic carbocycles. The number of aryl methyl sites for hydroxylation is 2. The van der Waals surface area contributed by atoms with E-state index in [2.05, 4.69) is 80.0 Å². The van der Waals surface area contributed by atoms with E-state index in [-0.39, 0.29) is 11.9 Å². The molecule has 1 fully saturated rings. The highest BCUT2D eigenvalue weighted by Crippen LogP contribution is 2.29. The Morgan fingerprint density at radius 1 is 0.853 bits per heavy atom. The minimum Gasteiger partial charge on any atom is -0.486 e.